The number of amides is 1. The van der Waals surface area contributed by atoms with E-state index in [-0.39, 0.29) is 11.9 Å². The molecule has 6 nitrogen and oxygen atoms in total. The van der Waals surface area contributed by atoms with Crippen LogP contribution in [-0.2, 0) is 4.79 Å². The molecule has 0 spiro atoms. The number of carbonyl (C=O) groups excluding carboxylic acids is 1. The summed E-state index contributed by atoms with van der Waals surface area (Å²) in [6.45, 7) is 7.48. The lowest BCUT2D eigenvalue weighted by molar-refractivity contribution is -0.122. The van der Waals surface area contributed by atoms with E-state index in [4.69, 9.17) is 0 Å². The van der Waals surface area contributed by atoms with Crippen molar-refractivity contribution >= 4 is 11.6 Å². The predicted molar refractivity (Wildman–Crippen MR) is 99.3 cm³/mol. The second kappa shape index (κ2) is 7.29. The third-order valence-electron chi connectivity index (χ3n) is 4.41. The second-order valence-corrected chi connectivity index (χ2v) is 6.86. The molecular formula is C19H25N5O. The lowest BCUT2D eigenvalue weighted by atomic mass is 9.96. The van der Waals surface area contributed by atoms with Gasteiger partial charge in [0.2, 0.25) is 5.91 Å². The maximum atomic E-state index is 12.8. The maximum Gasteiger partial charge on any atom is 0.246 e. The molecule has 25 heavy (non-hydrogen) atoms. The number of nitrogens with one attached hydrogen (secondary N) is 3. The van der Waals surface area contributed by atoms with Crippen molar-refractivity contribution < 1.29 is 4.79 Å². The van der Waals surface area contributed by atoms with Crippen molar-refractivity contribution in [2.24, 2.45) is 0 Å². The fourth-order valence-electron chi connectivity index (χ4n) is 3.17. The van der Waals surface area contributed by atoms with Crippen molar-refractivity contribution in [2.45, 2.75) is 38.8 Å². The van der Waals surface area contributed by atoms with Crippen LogP contribution >= 0.6 is 0 Å². The second-order valence-electron chi connectivity index (χ2n) is 6.86. The average molecular weight is 339 g/mol. The normalized spacial score (nSPS) is 20.0. The number of hydrogen-bond donors (Lipinski definition) is 3. The Balaban J connectivity index is 1.72. The molecule has 0 unspecified atom stereocenters. The Hall–Kier alpha value is -2.31. The van der Waals surface area contributed by atoms with Gasteiger partial charge >= 0.3 is 0 Å². The number of nitrogens with zero attached hydrogens (tertiary/aromatic N) is 2. The quantitative estimate of drug-likeness (QED) is 0.778. The summed E-state index contributed by atoms with van der Waals surface area (Å²) in [5.41, 5.74) is 2.23. The Bertz CT molecular complexity index is 718. The SMILES string of the molecule is Cc1ncc(-c2ccc(NC(=O)[C@]3(NC(C)C)CCNC3)cc2)cn1. The molecule has 1 aliphatic heterocycles. The average Bonchev–Trinajstić information content (AvgIpc) is 3.05. The zero-order chi connectivity index (χ0) is 17.9. The Morgan fingerprint density at radius 3 is 2.40 bits per heavy atom. The standard InChI is InChI=1S/C19H25N5O/c1-13(2)24-19(8-9-20-12-19)18(25)23-17-6-4-15(5-7-17)16-10-21-14(3)22-11-16/h4-7,10-11,13,20,24H,8-9,12H2,1-3H3,(H,23,25)/t19-/m0/s1. The molecule has 6 heteroatoms. The minimum Gasteiger partial charge on any atom is -0.324 e. The fourth-order valence-corrected chi connectivity index (χ4v) is 3.17. The monoisotopic (exact) mass is 339 g/mol. The smallest absolute Gasteiger partial charge is 0.246 e. The molecule has 1 atom stereocenters. The minimum absolute atomic E-state index is 0.0117. The Kier molecular flexibility index (Phi) is 5.11. The summed E-state index contributed by atoms with van der Waals surface area (Å²) < 4.78 is 0. The van der Waals surface area contributed by atoms with Crippen molar-refractivity contribution in [3.8, 4) is 11.1 Å². The van der Waals surface area contributed by atoms with Crippen molar-refractivity contribution in [3.63, 3.8) is 0 Å². The van der Waals surface area contributed by atoms with Gasteiger partial charge in [-0.25, -0.2) is 9.97 Å². The first-order valence-electron chi connectivity index (χ1n) is 8.67. The summed E-state index contributed by atoms with van der Waals surface area (Å²) in [5, 5.41) is 9.75. The predicted octanol–water partition coefficient (Wildman–Crippen LogP) is 2.12. The van der Waals surface area contributed by atoms with E-state index in [9.17, 15) is 4.79 Å². The minimum atomic E-state index is -0.544. The number of aromatic nitrogens is 2. The highest BCUT2D eigenvalue weighted by Crippen LogP contribution is 2.22. The topological polar surface area (TPSA) is 78.9 Å². The maximum absolute atomic E-state index is 12.8. The van der Waals surface area contributed by atoms with E-state index in [2.05, 4.69) is 39.8 Å². The van der Waals surface area contributed by atoms with Crippen LogP contribution in [0.4, 0.5) is 5.69 Å². The molecule has 2 heterocycles. The largest absolute Gasteiger partial charge is 0.324 e. The number of aryl methyl sites for hydroxylation is 1. The lowest BCUT2D eigenvalue weighted by Crippen LogP contribution is -2.58. The number of anilines is 1. The van der Waals surface area contributed by atoms with Crippen molar-refractivity contribution in [1.29, 1.82) is 0 Å². The zero-order valence-corrected chi connectivity index (χ0v) is 15.0. The summed E-state index contributed by atoms with van der Waals surface area (Å²) in [7, 11) is 0. The Morgan fingerprint density at radius 1 is 1.16 bits per heavy atom. The van der Waals surface area contributed by atoms with Gasteiger partial charge in [-0.3, -0.25) is 10.1 Å². The van der Waals surface area contributed by atoms with Gasteiger partial charge in [-0.1, -0.05) is 12.1 Å². The molecule has 2 aromatic rings. The molecule has 1 aliphatic rings. The molecule has 0 saturated carbocycles. The van der Waals surface area contributed by atoms with Gasteiger partial charge in [0.05, 0.1) is 0 Å². The Labute approximate surface area is 148 Å². The first-order valence-corrected chi connectivity index (χ1v) is 8.67. The van der Waals surface area contributed by atoms with Gasteiger partial charge in [-0.15, -0.1) is 0 Å². The molecule has 0 radical (unpaired) electrons. The first kappa shape index (κ1) is 17.5. The highest BCUT2D eigenvalue weighted by molar-refractivity contribution is 5.98. The summed E-state index contributed by atoms with van der Waals surface area (Å²) in [4.78, 5) is 21.3. The van der Waals surface area contributed by atoms with Crippen molar-refractivity contribution in [1.82, 2.24) is 20.6 Å². The zero-order valence-electron chi connectivity index (χ0n) is 15.0. The van der Waals surface area contributed by atoms with Gasteiger partial charge < -0.3 is 10.6 Å². The van der Waals surface area contributed by atoms with E-state index in [0.717, 1.165) is 35.6 Å². The number of benzene rings is 1. The van der Waals surface area contributed by atoms with E-state index in [0.29, 0.717) is 6.54 Å². The highest BCUT2D eigenvalue weighted by atomic mass is 16.2. The summed E-state index contributed by atoms with van der Waals surface area (Å²) in [6.07, 6.45) is 4.40. The summed E-state index contributed by atoms with van der Waals surface area (Å²) in [6, 6.07) is 8.02. The van der Waals surface area contributed by atoms with E-state index >= 15 is 0 Å². The van der Waals surface area contributed by atoms with Crippen LogP contribution in [0.15, 0.2) is 36.7 Å². The van der Waals surface area contributed by atoms with E-state index in [1.807, 2.05) is 43.6 Å². The van der Waals surface area contributed by atoms with Gasteiger partial charge in [-0.05, 0) is 51.4 Å². The molecule has 0 aliphatic carbocycles. The van der Waals surface area contributed by atoms with Crippen LogP contribution in [0, 0.1) is 6.92 Å². The van der Waals surface area contributed by atoms with Crippen molar-refractivity contribution in [2.75, 3.05) is 18.4 Å². The van der Waals surface area contributed by atoms with Crippen LogP contribution in [0.25, 0.3) is 11.1 Å². The van der Waals surface area contributed by atoms with Crippen LogP contribution in [0.2, 0.25) is 0 Å². The molecular weight excluding hydrogens is 314 g/mol. The number of hydrogen-bond acceptors (Lipinski definition) is 5. The molecule has 1 amide bonds. The molecule has 132 valence electrons. The number of carbonyl (C=O) groups is 1. The lowest BCUT2D eigenvalue weighted by Gasteiger charge is -2.30. The molecule has 0 bridgehead atoms. The third kappa shape index (κ3) is 4.03. The van der Waals surface area contributed by atoms with Crippen LogP contribution in [-0.4, -0.2) is 40.5 Å². The third-order valence-corrected chi connectivity index (χ3v) is 4.41. The molecule has 1 fully saturated rings. The van der Waals surface area contributed by atoms with Gasteiger partial charge in [0.15, 0.2) is 0 Å². The number of rotatable bonds is 5. The summed E-state index contributed by atoms with van der Waals surface area (Å²) in [5.74, 6) is 0.762. The van der Waals surface area contributed by atoms with Gasteiger partial charge in [-0.2, -0.15) is 0 Å². The van der Waals surface area contributed by atoms with Crippen LogP contribution in [0.5, 0.6) is 0 Å². The van der Waals surface area contributed by atoms with E-state index in [1.54, 1.807) is 0 Å². The van der Waals surface area contributed by atoms with Gasteiger partial charge in [0, 0.05) is 36.2 Å². The molecule has 1 saturated heterocycles. The van der Waals surface area contributed by atoms with Crippen LogP contribution in [0.3, 0.4) is 0 Å². The molecule has 3 N–H and O–H groups in total. The molecule has 3 rings (SSSR count). The highest BCUT2D eigenvalue weighted by Gasteiger charge is 2.41. The molecule has 1 aromatic carbocycles. The molecule has 1 aromatic heterocycles. The Morgan fingerprint density at radius 2 is 1.84 bits per heavy atom. The van der Waals surface area contributed by atoms with E-state index < -0.39 is 5.54 Å². The van der Waals surface area contributed by atoms with Crippen LogP contribution in [0.1, 0.15) is 26.1 Å². The van der Waals surface area contributed by atoms with E-state index in [1.165, 1.54) is 0 Å². The first-order chi connectivity index (χ1) is 12.0. The van der Waals surface area contributed by atoms with Crippen LogP contribution < -0.4 is 16.0 Å². The summed E-state index contributed by atoms with van der Waals surface area (Å²) >= 11 is 0. The van der Waals surface area contributed by atoms with Gasteiger partial charge in [0.1, 0.15) is 11.4 Å². The van der Waals surface area contributed by atoms with Crippen molar-refractivity contribution in [3.05, 3.63) is 42.5 Å². The van der Waals surface area contributed by atoms with Gasteiger partial charge in [0.25, 0.3) is 0 Å². The fraction of sp³-hybridized carbons (Fsp3) is 0.421.